The van der Waals surface area contributed by atoms with E-state index in [2.05, 4.69) is 118 Å². The molecule has 3 heteroatoms. The number of hydrogen-bond acceptors (Lipinski definition) is 3. The number of β-amino-alcohol motifs (C(OH)–C–C–N with tert-alkyl or cyclic N) is 1. The first-order valence-corrected chi connectivity index (χ1v) is 12.9. The molecule has 0 aromatic heterocycles. The number of hydrogen-bond donors (Lipinski definition) is 2. The van der Waals surface area contributed by atoms with Crippen molar-refractivity contribution in [2.24, 2.45) is 0 Å². The Morgan fingerprint density at radius 1 is 0.833 bits per heavy atom. The lowest BCUT2D eigenvalue weighted by Crippen LogP contribution is -2.46. The summed E-state index contributed by atoms with van der Waals surface area (Å²) in [5.41, 5.74) is 7.29. The van der Waals surface area contributed by atoms with E-state index < -0.39 is 6.10 Å². The fraction of sp³-hybridized carbons (Fsp3) is 0.333. The lowest BCUT2D eigenvalue weighted by atomic mass is 9.93. The Balaban J connectivity index is 1.30. The van der Waals surface area contributed by atoms with Crippen molar-refractivity contribution in [1.29, 1.82) is 0 Å². The van der Waals surface area contributed by atoms with E-state index in [9.17, 15) is 5.11 Å². The summed E-state index contributed by atoms with van der Waals surface area (Å²) in [5, 5.41) is 16.7. The Kier molecular flexibility index (Phi) is 8.25. The molecule has 0 aliphatic carbocycles. The van der Waals surface area contributed by atoms with Gasteiger partial charge in [0.1, 0.15) is 0 Å². The number of rotatable bonds is 10. The zero-order valence-corrected chi connectivity index (χ0v) is 22.2. The van der Waals surface area contributed by atoms with Crippen molar-refractivity contribution in [2.75, 3.05) is 13.2 Å². The Hall–Kier alpha value is -2.98. The van der Waals surface area contributed by atoms with Crippen molar-refractivity contribution in [3.05, 3.63) is 107 Å². The van der Waals surface area contributed by atoms with Crippen molar-refractivity contribution in [3.63, 3.8) is 0 Å². The molecule has 0 heterocycles. The van der Waals surface area contributed by atoms with Gasteiger partial charge in [0.05, 0.1) is 18.8 Å². The number of fused-ring (bicyclic) bond motifs is 1. The van der Waals surface area contributed by atoms with Crippen molar-refractivity contribution in [1.82, 2.24) is 5.32 Å². The van der Waals surface area contributed by atoms with Crippen LogP contribution in [-0.4, -0.2) is 29.9 Å². The number of benzene rings is 4. The van der Waals surface area contributed by atoms with E-state index >= 15 is 0 Å². The minimum absolute atomic E-state index is 0.102. The molecule has 4 aromatic rings. The Morgan fingerprint density at radius 2 is 1.53 bits per heavy atom. The van der Waals surface area contributed by atoms with Gasteiger partial charge in [-0.3, -0.25) is 0 Å². The van der Waals surface area contributed by atoms with Crippen LogP contribution in [0.4, 0.5) is 0 Å². The third-order valence-corrected chi connectivity index (χ3v) is 6.94. The van der Waals surface area contributed by atoms with E-state index in [4.69, 9.17) is 4.74 Å². The molecule has 4 aromatic carbocycles. The second-order valence-corrected chi connectivity index (χ2v) is 10.6. The van der Waals surface area contributed by atoms with Gasteiger partial charge in [-0.1, -0.05) is 78.9 Å². The van der Waals surface area contributed by atoms with Crippen LogP contribution in [0.15, 0.2) is 84.9 Å². The van der Waals surface area contributed by atoms with Crippen LogP contribution in [0, 0.1) is 13.8 Å². The summed E-state index contributed by atoms with van der Waals surface area (Å²) in [7, 11) is 0. The van der Waals surface area contributed by atoms with Gasteiger partial charge >= 0.3 is 0 Å². The van der Waals surface area contributed by atoms with Crippen molar-refractivity contribution in [3.8, 4) is 11.1 Å². The molecule has 2 atom stereocenters. The highest BCUT2D eigenvalue weighted by Crippen LogP contribution is 2.30. The summed E-state index contributed by atoms with van der Waals surface area (Å²) in [4.78, 5) is 0. The molecule has 0 bridgehead atoms. The minimum atomic E-state index is -0.579. The monoisotopic (exact) mass is 481 g/mol. The molecule has 0 aliphatic heterocycles. The fourth-order valence-corrected chi connectivity index (χ4v) is 4.94. The SMILES string of the molecule is Cc1cccc(C)c1-c1cccc(C(C)OC[C@H](O)CNC(C)(C)Cc2ccc3ccccc3c2)c1. The van der Waals surface area contributed by atoms with Crippen LogP contribution in [-0.2, 0) is 11.2 Å². The summed E-state index contributed by atoms with van der Waals surface area (Å²) < 4.78 is 6.08. The predicted octanol–water partition coefficient (Wildman–Crippen LogP) is 7.17. The van der Waals surface area contributed by atoms with Gasteiger partial charge in [-0.25, -0.2) is 0 Å². The van der Waals surface area contributed by atoms with E-state index in [1.165, 1.54) is 38.6 Å². The van der Waals surface area contributed by atoms with Crippen LogP contribution in [0.3, 0.4) is 0 Å². The van der Waals surface area contributed by atoms with Gasteiger partial charge in [0.25, 0.3) is 0 Å². The molecule has 0 radical (unpaired) electrons. The quantitative estimate of drug-likeness (QED) is 0.252. The number of aliphatic hydroxyl groups excluding tert-OH is 1. The molecular formula is C33H39NO2. The molecule has 36 heavy (non-hydrogen) atoms. The predicted molar refractivity (Wildman–Crippen MR) is 151 cm³/mol. The maximum Gasteiger partial charge on any atom is 0.0898 e. The van der Waals surface area contributed by atoms with E-state index in [-0.39, 0.29) is 18.2 Å². The van der Waals surface area contributed by atoms with Crippen LogP contribution in [0.2, 0.25) is 0 Å². The molecule has 1 unspecified atom stereocenters. The zero-order valence-electron chi connectivity index (χ0n) is 22.2. The third kappa shape index (κ3) is 6.61. The van der Waals surface area contributed by atoms with Gasteiger partial charge in [0, 0.05) is 12.1 Å². The number of aryl methyl sites for hydroxylation is 2. The lowest BCUT2D eigenvalue weighted by molar-refractivity contribution is -0.00416. The van der Waals surface area contributed by atoms with Crippen LogP contribution in [0.1, 0.15) is 49.1 Å². The van der Waals surface area contributed by atoms with Crippen LogP contribution in [0.25, 0.3) is 21.9 Å². The average Bonchev–Trinajstić information content (AvgIpc) is 2.86. The van der Waals surface area contributed by atoms with Crippen LogP contribution < -0.4 is 5.32 Å². The molecule has 2 N–H and O–H groups in total. The fourth-order valence-electron chi connectivity index (χ4n) is 4.94. The second-order valence-electron chi connectivity index (χ2n) is 10.6. The van der Waals surface area contributed by atoms with Gasteiger partial charge < -0.3 is 15.2 Å². The molecule has 188 valence electrons. The molecule has 0 saturated heterocycles. The molecule has 0 fully saturated rings. The number of aliphatic hydroxyl groups is 1. The molecule has 0 spiro atoms. The second kappa shape index (κ2) is 11.4. The third-order valence-electron chi connectivity index (χ3n) is 6.94. The molecule has 0 amide bonds. The number of ether oxygens (including phenoxy) is 1. The Bertz CT molecular complexity index is 1290. The molecule has 0 saturated carbocycles. The first kappa shape index (κ1) is 26.1. The lowest BCUT2D eigenvalue weighted by Gasteiger charge is -2.28. The van der Waals surface area contributed by atoms with Crippen LogP contribution in [0.5, 0.6) is 0 Å². The summed E-state index contributed by atoms with van der Waals surface area (Å²) in [6.07, 6.45) is 0.201. The topological polar surface area (TPSA) is 41.5 Å². The summed E-state index contributed by atoms with van der Waals surface area (Å²) in [6, 6.07) is 30.0. The Morgan fingerprint density at radius 3 is 2.28 bits per heavy atom. The van der Waals surface area contributed by atoms with Gasteiger partial charge in [-0.2, -0.15) is 0 Å². The van der Waals surface area contributed by atoms with Crippen molar-refractivity contribution >= 4 is 10.8 Å². The smallest absolute Gasteiger partial charge is 0.0898 e. The maximum absolute atomic E-state index is 10.6. The molecule has 0 aliphatic rings. The largest absolute Gasteiger partial charge is 0.389 e. The van der Waals surface area contributed by atoms with Gasteiger partial charge in [-0.15, -0.1) is 0 Å². The van der Waals surface area contributed by atoms with Crippen LogP contribution >= 0.6 is 0 Å². The summed E-state index contributed by atoms with van der Waals surface area (Å²) in [5.74, 6) is 0. The number of nitrogens with one attached hydrogen (secondary N) is 1. The highest BCUT2D eigenvalue weighted by Gasteiger charge is 2.20. The average molecular weight is 482 g/mol. The normalized spacial score (nSPS) is 13.6. The van der Waals surface area contributed by atoms with E-state index in [1.54, 1.807) is 0 Å². The zero-order chi connectivity index (χ0) is 25.7. The minimum Gasteiger partial charge on any atom is -0.389 e. The molecule has 3 nitrogen and oxygen atoms in total. The molecular weight excluding hydrogens is 442 g/mol. The standard InChI is InChI=1S/C33H39NO2/c1-23-10-8-11-24(2)32(23)30-15-9-14-28(19-30)25(3)36-22-31(35)21-34-33(4,5)20-26-16-17-27-12-6-7-13-29(27)18-26/h6-19,25,31,34-35H,20-22H2,1-5H3/t25?,31-/m1/s1. The van der Waals surface area contributed by atoms with Crippen molar-refractivity contribution in [2.45, 2.75) is 58.8 Å². The maximum atomic E-state index is 10.6. The summed E-state index contributed by atoms with van der Waals surface area (Å²) in [6.45, 7) is 11.5. The van der Waals surface area contributed by atoms with Gasteiger partial charge in [0.2, 0.25) is 0 Å². The highest BCUT2D eigenvalue weighted by molar-refractivity contribution is 5.83. The summed E-state index contributed by atoms with van der Waals surface area (Å²) >= 11 is 0. The van der Waals surface area contributed by atoms with E-state index in [1.807, 2.05) is 6.92 Å². The first-order valence-electron chi connectivity index (χ1n) is 12.9. The Labute approximate surface area is 216 Å². The van der Waals surface area contributed by atoms with E-state index in [0.29, 0.717) is 6.54 Å². The van der Waals surface area contributed by atoms with E-state index in [0.717, 1.165) is 12.0 Å². The molecule has 4 rings (SSSR count). The van der Waals surface area contributed by atoms with Gasteiger partial charge in [-0.05, 0) is 91.3 Å². The van der Waals surface area contributed by atoms with Gasteiger partial charge in [0.15, 0.2) is 0 Å². The van der Waals surface area contributed by atoms with Crippen molar-refractivity contribution < 1.29 is 9.84 Å². The highest BCUT2D eigenvalue weighted by atomic mass is 16.5. The first-order chi connectivity index (χ1) is 17.2.